The van der Waals surface area contributed by atoms with Gasteiger partial charge in [0.25, 0.3) is 0 Å². The number of hydrogen-bond acceptors (Lipinski definition) is 9. The fourth-order valence-corrected chi connectivity index (χ4v) is 7.68. The first-order valence-corrected chi connectivity index (χ1v) is 19.5. The molecule has 9 aromatic rings. The monoisotopic (exact) mass is 1240 g/mol. The van der Waals surface area contributed by atoms with Crippen molar-refractivity contribution in [3.05, 3.63) is 139 Å². The van der Waals surface area contributed by atoms with Crippen LogP contribution in [0, 0.1) is 0 Å². The number of hydrogen-bond donors (Lipinski definition) is 3. The van der Waals surface area contributed by atoms with Gasteiger partial charge in [0.15, 0.2) is 23.3 Å². The number of quaternary nitrogens is 1. The molecule has 11 rings (SSSR count). The molecule has 0 aliphatic carbocycles. The average molecular weight is 1250 g/mol. The van der Waals surface area contributed by atoms with Crippen LogP contribution < -0.4 is 85.9 Å². The largest absolute Gasteiger partial charge is 2.00 e. The summed E-state index contributed by atoms with van der Waals surface area (Å²) in [6.07, 6.45) is 0. The second-order valence-corrected chi connectivity index (χ2v) is 15.7. The maximum atomic E-state index is 11.5. The SMILES string of the molecule is C[N+](C)(C)c1cccc(Oc2ccc3c(c2)-c2nc-3nc3[nH]c(nc4nc(nc5[nH]c(n2)c2ccc(Oc6ccc(C(=O)O)cc6)cc52)-c2ccccc2-4)c2ccccc32)c1.[I-].[I-].[I-].[Zn+2]. The molecule has 0 saturated carbocycles. The number of H-pyrrole nitrogens is 2. The number of carboxylic acid groups (broad SMARTS) is 1. The number of nitrogens with zero attached hydrogens (tertiary/aromatic N) is 7. The van der Waals surface area contributed by atoms with E-state index in [0.717, 1.165) is 49.5 Å². The molecule has 0 spiro atoms. The van der Waals surface area contributed by atoms with Crippen LogP contribution in [0.15, 0.2) is 133 Å². The summed E-state index contributed by atoms with van der Waals surface area (Å²) in [5.74, 6) is 3.20. The van der Waals surface area contributed by atoms with E-state index in [1.807, 2.05) is 103 Å². The molecule has 17 heteroatoms. The quantitative estimate of drug-likeness (QED) is 0.126. The van der Waals surface area contributed by atoms with Crippen LogP contribution in [0.1, 0.15) is 10.4 Å². The predicted octanol–water partition coefficient (Wildman–Crippen LogP) is 1.36. The van der Waals surface area contributed by atoms with E-state index in [4.69, 9.17) is 39.4 Å². The van der Waals surface area contributed by atoms with Gasteiger partial charge in [0, 0.05) is 49.9 Å². The molecule has 0 atom stereocenters. The topological polar surface area (TPSA) is 165 Å². The number of benzene rings is 6. The first-order valence-electron chi connectivity index (χ1n) is 19.5. The van der Waals surface area contributed by atoms with Crippen LogP contribution >= 0.6 is 0 Å². The van der Waals surface area contributed by atoms with Crippen molar-refractivity contribution >= 4 is 55.8 Å². The number of fused-ring (bicyclic) bond motifs is 20. The van der Waals surface area contributed by atoms with Crippen LogP contribution in [0.25, 0.3) is 89.7 Å². The van der Waals surface area contributed by atoms with Gasteiger partial charge in [0.2, 0.25) is 0 Å². The Balaban J connectivity index is 0.00000158. The van der Waals surface area contributed by atoms with Crippen molar-refractivity contribution in [2.24, 2.45) is 0 Å². The van der Waals surface area contributed by atoms with Crippen molar-refractivity contribution in [3.63, 3.8) is 0 Å². The third-order valence-corrected chi connectivity index (χ3v) is 10.8. The van der Waals surface area contributed by atoms with E-state index in [1.165, 1.54) is 12.1 Å². The van der Waals surface area contributed by atoms with E-state index in [9.17, 15) is 9.90 Å². The van der Waals surface area contributed by atoms with Crippen molar-refractivity contribution in [1.82, 2.24) is 44.4 Å². The Morgan fingerprint density at radius 1 is 0.462 bits per heavy atom. The summed E-state index contributed by atoms with van der Waals surface area (Å²) in [5, 5.41) is 12.6. The van der Waals surface area contributed by atoms with E-state index < -0.39 is 5.97 Å². The first kappa shape index (κ1) is 47.5. The molecule has 8 bridgehead atoms. The van der Waals surface area contributed by atoms with Crippen LogP contribution in [0.3, 0.4) is 0 Å². The Labute approximate surface area is 435 Å². The van der Waals surface area contributed by atoms with Crippen LogP contribution in [0.2, 0.25) is 0 Å². The molecule has 318 valence electrons. The minimum atomic E-state index is -1.01. The summed E-state index contributed by atoms with van der Waals surface area (Å²) >= 11 is 0. The molecule has 6 aromatic carbocycles. The van der Waals surface area contributed by atoms with E-state index >= 15 is 0 Å². The van der Waals surface area contributed by atoms with E-state index in [2.05, 4.69) is 37.2 Å². The molecule has 5 heterocycles. The van der Waals surface area contributed by atoms with Crippen LogP contribution in [0.5, 0.6) is 23.0 Å². The average Bonchev–Trinajstić information content (AvgIpc) is 3.99. The summed E-state index contributed by atoms with van der Waals surface area (Å²) in [7, 11) is 6.34. The van der Waals surface area contributed by atoms with Gasteiger partial charge >= 0.3 is 25.4 Å². The molecule has 2 aliphatic rings. The van der Waals surface area contributed by atoms with Gasteiger partial charge in [0.05, 0.1) is 26.7 Å². The van der Waals surface area contributed by atoms with Gasteiger partial charge in [-0.1, -0.05) is 54.6 Å². The van der Waals surface area contributed by atoms with Gasteiger partial charge in [-0.25, -0.2) is 34.7 Å². The van der Waals surface area contributed by atoms with Gasteiger partial charge in [0.1, 0.15) is 51.3 Å². The molecule has 0 radical (unpaired) electrons. The third-order valence-electron chi connectivity index (χ3n) is 10.8. The van der Waals surface area contributed by atoms with Crippen molar-refractivity contribution in [2.75, 3.05) is 21.1 Å². The van der Waals surface area contributed by atoms with Crippen molar-refractivity contribution in [1.29, 1.82) is 0 Å². The molecule has 3 N–H and O–H groups in total. The molecule has 2 aliphatic heterocycles. The second kappa shape index (κ2) is 18.8. The third kappa shape index (κ3) is 8.95. The Kier molecular flexibility index (Phi) is 13.7. The summed E-state index contributed by atoms with van der Waals surface area (Å²) in [6.45, 7) is 0. The molecule has 0 amide bonds. The Bertz CT molecular complexity index is 3490. The molecule has 65 heavy (non-hydrogen) atoms. The van der Waals surface area contributed by atoms with Gasteiger partial charge in [-0.15, -0.1) is 0 Å². The standard InChI is InChI=1S/C48H33N9O4.3HI.Zn/c1-57(2,3)27-9-8-10-29(23-27)61-31-20-22-36-39(25-31)47-54-44(36)52-42-33-12-5-4-11-32(33)40(50-42)49-41-34-13-6-7-14-35(34)43(51-41)53-46-38-24-30(19-21-37(38)45(55-46)56-47)60-28-17-15-26(16-18-28)48(58)59;;;;/h4-25H,1-3H3,(H2-,49,50,51,52,53,54,55,56,58,59);3*1H;/q;;;;+2/p-2. The minimum absolute atomic E-state index is 0. The maximum Gasteiger partial charge on any atom is 2.00 e. The molecule has 13 nitrogen and oxygen atoms in total. The van der Waals surface area contributed by atoms with Crippen molar-refractivity contribution < 1.29 is 111 Å². The smallest absolute Gasteiger partial charge is 1.00 e. The number of rotatable bonds is 6. The number of aromatic carboxylic acids is 1. The molecular weight excluding hydrogens is 1210 g/mol. The summed E-state index contributed by atoms with van der Waals surface area (Å²) in [6, 6.07) is 41.6. The second-order valence-electron chi connectivity index (χ2n) is 15.7. The van der Waals surface area contributed by atoms with Crippen molar-refractivity contribution in [2.45, 2.75) is 0 Å². The zero-order valence-electron chi connectivity index (χ0n) is 34.8. The molecule has 0 unspecified atom stereocenters. The zero-order valence-corrected chi connectivity index (χ0v) is 44.3. The summed E-state index contributed by atoms with van der Waals surface area (Å²) in [4.78, 5) is 49.0. The van der Waals surface area contributed by atoms with Crippen molar-refractivity contribution in [3.8, 4) is 68.5 Å². The fourth-order valence-electron chi connectivity index (χ4n) is 7.68. The first-order chi connectivity index (χ1) is 29.6. The van der Waals surface area contributed by atoms with Gasteiger partial charge < -0.3 is 96.5 Å². The molecule has 0 fully saturated rings. The number of carbonyl (C=O) groups is 1. The molecule has 3 aromatic heterocycles. The number of ether oxygens (including phenoxy) is 2. The zero-order chi connectivity index (χ0) is 41.4. The summed E-state index contributed by atoms with van der Waals surface area (Å²) in [5.41, 5.74) is 6.67. The number of aromatic nitrogens is 8. The Morgan fingerprint density at radius 3 is 1.48 bits per heavy atom. The summed E-state index contributed by atoms with van der Waals surface area (Å²) < 4.78 is 13.3. The number of aromatic amines is 2. The van der Waals surface area contributed by atoms with Gasteiger partial charge in [-0.3, -0.25) is 4.48 Å². The van der Waals surface area contributed by atoms with E-state index in [0.29, 0.717) is 73.4 Å². The van der Waals surface area contributed by atoms with Crippen LogP contribution in [-0.4, -0.2) is 72.1 Å². The predicted molar refractivity (Wildman–Crippen MR) is 236 cm³/mol. The fraction of sp³-hybridized carbons (Fsp3) is 0.0625. The van der Waals surface area contributed by atoms with Gasteiger partial charge in [-0.05, 0) is 72.8 Å². The Hall–Kier alpha value is -5.48. The molecular formula is C48H34I3N9O4Zn. The van der Waals surface area contributed by atoms with Crippen LogP contribution in [0.4, 0.5) is 5.69 Å². The van der Waals surface area contributed by atoms with E-state index in [1.54, 1.807) is 12.1 Å². The maximum absolute atomic E-state index is 11.5. The number of carboxylic acids is 1. The Morgan fingerprint density at radius 2 is 0.908 bits per heavy atom. The van der Waals surface area contributed by atoms with Crippen LogP contribution in [-0.2, 0) is 19.5 Å². The van der Waals surface area contributed by atoms with E-state index in [-0.39, 0.29) is 97.0 Å². The number of nitrogens with one attached hydrogen (secondary N) is 2. The van der Waals surface area contributed by atoms with Gasteiger partial charge in [-0.2, -0.15) is 0 Å². The molecule has 0 saturated heterocycles. The minimum Gasteiger partial charge on any atom is -1.00 e. The normalized spacial score (nSPS) is 11.2. The number of halogens is 3.